The second-order valence-corrected chi connectivity index (χ2v) is 7.18. The second kappa shape index (κ2) is 6.51. The summed E-state index contributed by atoms with van der Waals surface area (Å²) in [6.45, 7) is 7.12. The number of alkyl halides is 1. The van der Waals surface area contributed by atoms with E-state index in [0.717, 1.165) is 18.7 Å². The zero-order valence-corrected chi connectivity index (χ0v) is 13.9. The highest BCUT2D eigenvalue weighted by molar-refractivity contribution is 5.74. The number of carbonyl (C=O) groups is 1. The molecule has 3 heterocycles. The number of rotatable bonds is 3. The molecule has 0 aliphatic carbocycles. The van der Waals surface area contributed by atoms with Gasteiger partial charge in [0.15, 0.2) is 0 Å². The third-order valence-corrected chi connectivity index (χ3v) is 4.95. The molecule has 128 valence electrons. The van der Waals surface area contributed by atoms with Crippen molar-refractivity contribution >= 4 is 6.03 Å². The molecule has 23 heavy (non-hydrogen) atoms. The summed E-state index contributed by atoms with van der Waals surface area (Å²) in [5.41, 5.74) is -0.431. The number of urea groups is 1. The maximum Gasteiger partial charge on any atom is 0.317 e. The van der Waals surface area contributed by atoms with Crippen LogP contribution in [0.25, 0.3) is 0 Å². The zero-order valence-electron chi connectivity index (χ0n) is 13.9. The minimum absolute atomic E-state index is 0.0734. The topological polar surface area (TPSA) is 48.7 Å². The maximum absolute atomic E-state index is 14.7. The van der Waals surface area contributed by atoms with Crippen molar-refractivity contribution in [3.05, 3.63) is 24.2 Å². The summed E-state index contributed by atoms with van der Waals surface area (Å²) in [6, 6.07) is 3.84. The van der Waals surface area contributed by atoms with Gasteiger partial charge in [-0.1, -0.05) is 0 Å². The summed E-state index contributed by atoms with van der Waals surface area (Å²) < 4.78 is 20.1. The third kappa shape index (κ3) is 3.52. The third-order valence-electron chi connectivity index (χ3n) is 4.95. The lowest BCUT2D eigenvalue weighted by Gasteiger charge is -2.43. The molecule has 1 spiro atoms. The lowest BCUT2D eigenvalue weighted by Crippen LogP contribution is -2.56. The van der Waals surface area contributed by atoms with Crippen LogP contribution in [0.3, 0.4) is 0 Å². The predicted molar refractivity (Wildman–Crippen MR) is 85.8 cm³/mol. The van der Waals surface area contributed by atoms with Gasteiger partial charge >= 0.3 is 6.03 Å². The fourth-order valence-corrected chi connectivity index (χ4v) is 3.77. The lowest BCUT2D eigenvalue weighted by molar-refractivity contribution is 0.0242. The van der Waals surface area contributed by atoms with Gasteiger partial charge in [-0.15, -0.1) is 0 Å². The Kier molecular flexibility index (Phi) is 4.62. The Bertz CT molecular complexity index is 534. The van der Waals surface area contributed by atoms with Gasteiger partial charge in [0.05, 0.1) is 12.8 Å². The van der Waals surface area contributed by atoms with E-state index in [1.807, 2.05) is 26.0 Å². The molecule has 0 aromatic carbocycles. The highest BCUT2D eigenvalue weighted by Crippen LogP contribution is 2.41. The predicted octanol–water partition coefficient (Wildman–Crippen LogP) is 2.63. The molecule has 3 rings (SSSR count). The van der Waals surface area contributed by atoms with Gasteiger partial charge in [0.1, 0.15) is 11.9 Å². The van der Waals surface area contributed by atoms with Crippen LogP contribution in [0.5, 0.6) is 0 Å². The van der Waals surface area contributed by atoms with Crippen LogP contribution in [-0.2, 0) is 6.54 Å². The first-order chi connectivity index (χ1) is 11.0. The smallest absolute Gasteiger partial charge is 0.317 e. The molecule has 1 aromatic heterocycles. The quantitative estimate of drug-likeness (QED) is 0.930. The molecule has 5 nitrogen and oxygen atoms in total. The molecular formula is C17H26FN3O2. The van der Waals surface area contributed by atoms with Gasteiger partial charge in [0.2, 0.25) is 0 Å². The second-order valence-electron chi connectivity index (χ2n) is 7.18. The molecule has 0 radical (unpaired) electrons. The number of carbonyl (C=O) groups excluding carboxylic acids is 1. The first kappa shape index (κ1) is 16.3. The summed E-state index contributed by atoms with van der Waals surface area (Å²) in [5, 5.41) is 2.92. The molecule has 2 amide bonds. The molecule has 0 unspecified atom stereocenters. The molecule has 1 N–H and O–H groups in total. The van der Waals surface area contributed by atoms with Gasteiger partial charge in [0, 0.05) is 31.1 Å². The van der Waals surface area contributed by atoms with Gasteiger partial charge in [0.25, 0.3) is 0 Å². The summed E-state index contributed by atoms with van der Waals surface area (Å²) in [7, 11) is 0. The highest BCUT2D eigenvalue weighted by Gasteiger charge is 2.49. The maximum atomic E-state index is 14.7. The van der Waals surface area contributed by atoms with Crippen LogP contribution in [0.1, 0.15) is 32.4 Å². The average molecular weight is 323 g/mol. The van der Waals surface area contributed by atoms with Gasteiger partial charge in [-0.25, -0.2) is 9.18 Å². The van der Waals surface area contributed by atoms with E-state index in [0.29, 0.717) is 32.6 Å². The molecule has 0 bridgehead atoms. The number of nitrogens with zero attached hydrogens (tertiary/aromatic N) is 2. The summed E-state index contributed by atoms with van der Waals surface area (Å²) in [4.78, 5) is 16.3. The molecule has 2 aliphatic heterocycles. The molecule has 2 fully saturated rings. The lowest BCUT2D eigenvalue weighted by atomic mass is 9.77. The van der Waals surface area contributed by atoms with Crippen molar-refractivity contribution in [2.24, 2.45) is 5.41 Å². The number of halogens is 1. The fourth-order valence-electron chi connectivity index (χ4n) is 3.77. The first-order valence-corrected chi connectivity index (χ1v) is 8.43. The molecule has 2 atom stereocenters. The van der Waals surface area contributed by atoms with Crippen LogP contribution in [0.15, 0.2) is 22.8 Å². The van der Waals surface area contributed by atoms with Gasteiger partial charge in [-0.05, 0) is 45.4 Å². The van der Waals surface area contributed by atoms with E-state index in [4.69, 9.17) is 4.42 Å². The van der Waals surface area contributed by atoms with Crippen molar-refractivity contribution in [3.8, 4) is 0 Å². The van der Waals surface area contributed by atoms with Crippen LogP contribution < -0.4 is 5.32 Å². The average Bonchev–Trinajstić information content (AvgIpc) is 3.13. The Morgan fingerprint density at radius 2 is 2.30 bits per heavy atom. The number of hydrogen-bond acceptors (Lipinski definition) is 3. The fraction of sp³-hybridized carbons (Fsp3) is 0.706. The van der Waals surface area contributed by atoms with E-state index in [1.54, 1.807) is 11.2 Å². The van der Waals surface area contributed by atoms with Crippen LogP contribution >= 0.6 is 0 Å². The van der Waals surface area contributed by atoms with Crippen molar-refractivity contribution in [1.29, 1.82) is 0 Å². The van der Waals surface area contributed by atoms with E-state index < -0.39 is 11.6 Å². The number of likely N-dealkylation sites (tertiary alicyclic amines) is 2. The van der Waals surface area contributed by atoms with E-state index in [9.17, 15) is 9.18 Å². The Morgan fingerprint density at radius 1 is 1.48 bits per heavy atom. The van der Waals surface area contributed by atoms with E-state index in [-0.39, 0.29) is 12.1 Å². The number of amides is 2. The normalized spacial score (nSPS) is 28.7. The van der Waals surface area contributed by atoms with Crippen molar-refractivity contribution in [2.75, 3.05) is 26.2 Å². The Hall–Kier alpha value is -1.56. The van der Waals surface area contributed by atoms with Crippen LogP contribution in [0.2, 0.25) is 0 Å². The largest absolute Gasteiger partial charge is 0.468 e. The minimum Gasteiger partial charge on any atom is -0.468 e. The molecule has 1 aromatic rings. The van der Waals surface area contributed by atoms with Crippen molar-refractivity contribution in [2.45, 2.75) is 45.4 Å². The Labute approximate surface area is 136 Å². The van der Waals surface area contributed by atoms with Crippen LogP contribution in [0, 0.1) is 5.41 Å². The van der Waals surface area contributed by atoms with E-state index in [2.05, 4.69) is 10.2 Å². The highest BCUT2D eigenvalue weighted by atomic mass is 19.1. The molecule has 2 saturated heterocycles. The number of furan rings is 1. The standard InChI is InChI=1S/C17H26FN3O2/c1-13(2)19-16(22)21-7-5-15(18)17(12-21)6-8-20(11-17)10-14-4-3-9-23-14/h3-4,9,13,15H,5-8,10-12H2,1-2H3,(H,19,22)/t15-,17-/m0/s1. The molecule has 0 saturated carbocycles. The van der Waals surface area contributed by atoms with Crippen molar-refractivity contribution < 1.29 is 13.6 Å². The summed E-state index contributed by atoms with van der Waals surface area (Å²) >= 11 is 0. The van der Waals surface area contributed by atoms with Crippen LogP contribution in [-0.4, -0.2) is 54.2 Å². The number of nitrogens with one attached hydrogen (secondary N) is 1. The van der Waals surface area contributed by atoms with E-state index in [1.165, 1.54) is 0 Å². The van der Waals surface area contributed by atoms with Gasteiger partial charge < -0.3 is 14.6 Å². The van der Waals surface area contributed by atoms with E-state index >= 15 is 0 Å². The van der Waals surface area contributed by atoms with Gasteiger partial charge in [-0.2, -0.15) is 0 Å². The van der Waals surface area contributed by atoms with Crippen molar-refractivity contribution in [1.82, 2.24) is 15.1 Å². The molecule has 2 aliphatic rings. The zero-order chi connectivity index (χ0) is 16.4. The molecule has 6 heteroatoms. The van der Waals surface area contributed by atoms with Crippen LogP contribution in [0.4, 0.5) is 9.18 Å². The van der Waals surface area contributed by atoms with Gasteiger partial charge in [-0.3, -0.25) is 4.90 Å². The summed E-state index contributed by atoms with van der Waals surface area (Å²) in [6.07, 6.45) is 2.05. The Balaban J connectivity index is 1.64. The number of hydrogen-bond donors (Lipinski definition) is 1. The van der Waals surface area contributed by atoms with Crippen molar-refractivity contribution in [3.63, 3.8) is 0 Å². The molecular weight excluding hydrogens is 297 g/mol. The number of piperidine rings is 1. The SMILES string of the molecule is CC(C)NC(=O)N1CC[C@H](F)[C@]2(CCN(Cc3ccco3)C2)C1. The Morgan fingerprint density at radius 3 is 3.00 bits per heavy atom. The monoisotopic (exact) mass is 323 g/mol. The first-order valence-electron chi connectivity index (χ1n) is 8.43. The summed E-state index contributed by atoms with van der Waals surface area (Å²) in [5.74, 6) is 0.905. The minimum atomic E-state index is -0.841.